The van der Waals surface area contributed by atoms with Crippen molar-refractivity contribution < 1.29 is 0 Å². The van der Waals surface area contributed by atoms with E-state index in [1.54, 1.807) is 5.20 Å². The van der Waals surface area contributed by atoms with Crippen LogP contribution in [0.2, 0.25) is 13.1 Å². The minimum absolute atomic E-state index is 0.510. The molecule has 0 fully saturated rings. The van der Waals surface area contributed by atoms with Crippen molar-refractivity contribution in [2.24, 2.45) is 0 Å². The summed E-state index contributed by atoms with van der Waals surface area (Å²) in [6.07, 6.45) is 2.59. The van der Waals surface area contributed by atoms with Gasteiger partial charge in [0.15, 0.2) is 0 Å². The van der Waals surface area contributed by atoms with Gasteiger partial charge in [-0.3, -0.25) is 0 Å². The predicted molar refractivity (Wildman–Crippen MR) is 128 cm³/mol. The summed E-state index contributed by atoms with van der Waals surface area (Å²) < 4.78 is 0. The van der Waals surface area contributed by atoms with E-state index in [2.05, 4.69) is 112 Å². The Bertz CT molecular complexity index is 1150. The van der Waals surface area contributed by atoms with E-state index in [9.17, 15) is 0 Å². The molecule has 2 atom stereocenters. The number of rotatable bonds is 3. The molecule has 144 valence electrons. The smallest absolute Gasteiger partial charge is 0.0709 e. The fourth-order valence-electron chi connectivity index (χ4n) is 5.88. The van der Waals surface area contributed by atoms with Crippen LogP contribution in [-0.2, 0) is 0 Å². The van der Waals surface area contributed by atoms with Crippen LogP contribution in [0.15, 0.2) is 90.1 Å². The van der Waals surface area contributed by atoms with Crippen LogP contribution in [0.4, 0.5) is 0 Å². The second-order valence-corrected chi connectivity index (χ2v) is 13.7. The molecule has 5 rings (SSSR count). The molecule has 0 amide bonds. The molecule has 0 bridgehead atoms. The summed E-state index contributed by atoms with van der Waals surface area (Å²) in [7, 11) is -1.78. The molecule has 29 heavy (non-hydrogen) atoms. The summed E-state index contributed by atoms with van der Waals surface area (Å²) in [6.45, 7) is 9.94. The number of benzene rings is 3. The molecule has 0 saturated heterocycles. The lowest BCUT2D eigenvalue weighted by molar-refractivity contribution is 0.946. The third kappa shape index (κ3) is 2.72. The van der Waals surface area contributed by atoms with Crippen molar-refractivity contribution in [2.75, 3.05) is 0 Å². The molecule has 2 aliphatic rings. The van der Waals surface area contributed by atoms with Gasteiger partial charge in [0.05, 0.1) is 8.07 Å². The maximum atomic E-state index is 2.59. The number of allylic oxidation sites excluding steroid dienone is 3. The van der Waals surface area contributed by atoms with E-state index in [0.717, 1.165) is 0 Å². The Balaban J connectivity index is 1.66. The first-order valence-electron chi connectivity index (χ1n) is 10.7. The van der Waals surface area contributed by atoms with Gasteiger partial charge in [-0.25, -0.2) is 0 Å². The van der Waals surface area contributed by atoms with Gasteiger partial charge in [-0.05, 0) is 51.8 Å². The molecule has 1 heteroatoms. The van der Waals surface area contributed by atoms with Gasteiger partial charge in [-0.2, -0.15) is 0 Å². The second-order valence-electron chi connectivity index (χ2n) is 9.08. The number of hydrogen-bond acceptors (Lipinski definition) is 0. The van der Waals surface area contributed by atoms with Crippen LogP contribution in [0.1, 0.15) is 53.1 Å². The fraction of sp³-hybridized carbons (Fsp3) is 0.214. The standard InChI is InChI=1S/C28H28Si/c1-19-22-14-8-9-15-23(22)20(2)28(19)29(3,4)27-18-26(21-12-6-5-7-13-21)24-16-10-11-17-25(24)27/h5-19,27H,1-4H3. The summed E-state index contributed by atoms with van der Waals surface area (Å²) in [5, 5.41) is 1.73. The van der Waals surface area contributed by atoms with Crippen LogP contribution in [-0.4, -0.2) is 8.07 Å². The normalized spacial score (nSPS) is 20.5. The second kappa shape index (κ2) is 6.71. The summed E-state index contributed by atoms with van der Waals surface area (Å²) in [5.74, 6) is 0.522. The van der Waals surface area contributed by atoms with Gasteiger partial charge in [0.1, 0.15) is 0 Å². The van der Waals surface area contributed by atoms with Crippen molar-refractivity contribution >= 4 is 19.2 Å². The molecule has 0 aliphatic heterocycles. The summed E-state index contributed by atoms with van der Waals surface area (Å²) in [6, 6.07) is 29.0. The molecule has 0 nitrogen and oxygen atoms in total. The predicted octanol–water partition coefficient (Wildman–Crippen LogP) is 7.59. The van der Waals surface area contributed by atoms with Crippen LogP contribution < -0.4 is 0 Å². The SMILES string of the molecule is CC1=C([Si](C)(C)C2C=C(c3ccccc3)c3ccccc32)C(C)c2ccccc21. The van der Waals surface area contributed by atoms with Crippen LogP contribution in [0.3, 0.4) is 0 Å². The minimum atomic E-state index is -1.78. The molecule has 2 unspecified atom stereocenters. The molecule has 0 N–H and O–H groups in total. The lowest BCUT2D eigenvalue weighted by Crippen LogP contribution is -2.38. The van der Waals surface area contributed by atoms with E-state index >= 15 is 0 Å². The van der Waals surface area contributed by atoms with E-state index in [1.165, 1.54) is 39.0 Å². The maximum absolute atomic E-state index is 2.59. The lowest BCUT2D eigenvalue weighted by Gasteiger charge is -2.34. The first-order chi connectivity index (χ1) is 14.0. The van der Waals surface area contributed by atoms with Gasteiger partial charge in [0, 0.05) is 5.54 Å². The van der Waals surface area contributed by atoms with Gasteiger partial charge in [0.2, 0.25) is 0 Å². The Hall–Kier alpha value is -2.64. The Morgan fingerprint density at radius 3 is 1.97 bits per heavy atom. The topological polar surface area (TPSA) is 0 Å². The first kappa shape index (κ1) is 18.4. The highest BCUT2D eigenvalue weighted by molar-refractivity contribution is 6.87. The zero-order valence-electron chi connectivity index (χ0n) is 17.7. The average Bonchev–Trinajstić information content (AvgIpc) is 3.26. The molecule has 3 aromatic carbocycles. The van der Waals surface area contributed by atoms with Gasteiger partial charge in [-0.15, -0.1) is 0 Å². The van der Waals surface area contributed by atoms with Crippen molar-refractivity contribution in [1.82, 2.24) is 0 Å². The molecule has 0 aromatic heterocycles. The number of hydrogen-bond donors (Lipinski definition) is 0. The lowest BCUT2D eigenvalue weighted by atomic mass is 9.99. The van der Waals surface area contributed by atoms with E-state index in [1.807, 2.05) is 0 Å². The summed E-state index contributed by atoms with van der Waals surface area (Å²) in [4.78, 5) is 0. The van der Waals surface area contributed by atoms with Crippen molar-refractivity contribution in [1.29, 1.82) is 0 Å². The Morgan fingerprint density at radius 2 is 1.28 bits per heavy atom. The third-order valence-corrected chi connectivity index (χ3v) is 11.4. The highest BCUT2D eigenvalue weighted by Crippen LogP contribution is 2.52. The Kier molecular flexibility index (Phi) is 4.25. The Labute approximate surface area is 175 Å². The quantitative estimate of drug-likeness (QED) is 0.403. The molecule has 3 aromatic rings. The van der Waals surface area contributed by atoms with Gasteiger partial charge in [-0.1, -0.05) is 110 Å². The highest BCUT2D eigenvalue weighted by Gasteiger charge is 2.44. The summed E-state index contributed by atoms with van der Waals surface area (Å²) in [5.41, 5.74) is 10.7. The van der Waals surface area contributed by atoms with Gasteiger partial charge >= 0.3 is 0 Å². The van der Waals surface area contributed by atoms with E-state index in [4.69, 9.17) is 0 Å². The molecule has 2 aliphatic carbocycles. The first-order valence-corrected chi connectivity index (χ1v) is 13.7. The molecule has 0 radical (unpaired) electrons. The van der Waals surface area contributed by atoms with Crippen molar-refractivity contribution in [3.05, 3.63) is 118 Å². The highest BCUT2D eigenvalue weighted by atomic mass is 28.3. The monoisotopic (exact) mass is 392 g/mol. The van der Waals surface area contributed by atoms with E-state index in [0.29, 0.717) is 11.5 Å². The number of fused-ring (bicyclic) bond motifs is 2. The summed E-state index contributed by atoms with van der Waals surface area (Å²) >= 11 is 0. The largest absolute Gasteiger partial charge is 0.0880 e. The van der Waals surface area contributed by atoms with E-state index in [-0.39, 0.29) is 0 Å². The Morgan fingerprint density at radius 1 is 0.690 bits per heavy atom. The molecule has 0 spiro atoms. The van der Waals surface area contributed by atoms with Crippen LogP contribution >= 0.6 is 0 Å². The van der Waals surface area contributed by atoms with Crippen molar-refractivity contribution in [3.8, 4) is 0 Å². The third-order valence-electron chi connectivity index (χ3n) is 7.14. The molecular formula is C28H28Si. The zero-order valence-corrected chi connectivity index (χ0v) is 18.7. The molecule has 0 saturated carbocycles. The van der Waals surface area contributed by atoms with Crippen molar-refractivity contribution in [2.45, 2.75) is 38.4 Å². The fourth-order valence-corrected chi connectivity index (χ4v) is 10.2. The average molecular weight is 393 g/mol. The van der Waals surface area contributed by atoms with Crippen LogP contribution in [0.25, 0.3) is 11.1 Å². The molecular weight excluding hydrogens is 364 g/mol. The maximum Gasteiger partial charge on any atom is 0.0880 e. The van der Waals surface area contributed by atoms with Crippen LogP contribution in [0.5, 0.6) is 0 Å². The minimum Gasteiger partial charge on any atom is -0.0709 e. The van der Waals surface area contributed by atoms with Gasteiger partial charge < -0.3 is 0 Å². The van der Waals surface area contributed by atoms with E-state index < -0.39 is 8.07 Å². The van der Waals surface area contributed by atoms with Gasteiger partial charge in [0.25, 0.3) is 0 Å². The van der Waals surface area contributed by atoms with Crippen LogP contribution in [0, 0.1) is 0 Å². The molecule has 0 heterocycles. The zero-order chi connectivity index (χ0) is 20.2. The van der Waals surface area contributed by atoms with Crippen molar-refractivity contribution in [3.63, 3.8) is 0 Å².